The highest BCUT2D eigenvalue weighted by Crippen LogP contribution is 2.54. The number of hydrogen-bond donors (Lipinski definition) is 1. The molecule has 0 aliphatic rings. The van der Waals surface area contributed by atoms with E-state index in [1.807, 2.05) is 6.07 Å². The summed E-state index contributed by atoms with van der Waals surface area (Å²) < 4.78 is 78.5. The van der Waals surface area contributed by atoms with Crippen LogP contribution in [0, 0.1) is 5.92 Å². The minimum atomic E-state index is -4.30. The smallest absolute Gasteiger partial charge is 0.445 e. The van der Waals surface area contributed by atoms with Crippen LogP contribution in [0.5, 0.6) is 11.5 Å². The molecule has 3 rings (SSSR count). The van der Waals surface area contributed by atoms with Gasteiger partial charge in [0.1, 0.15) is 18.1 Å². The van der Waals surface area contributed by atoms with Crippen LogP contribution < -0.4 is 14.4 Å². The van der Waals surface area contributed by atoms with Crippen molar-refractivity contribution in [3.05, 3.63) is 84.4 Å². The first-order valence-corrected chi connectivity index (χ1v) is 17.1. The van der Waals surface area contributed by atoms with Crippen LogP contribution in [0.1, 0.15) is 19.4 Å². The number of rotatable bonds is 11. The lowest BCUT2D eigenvalue weighted by molar-refractivity contribution is 0.135. The minimum absolute atomic E-state index is 0.0244. The normalized spacial score (nSPS) is 12.9. The van der Waals surface area contributed by atoms with Crippen LogP contribution in [-0.4, -0.2) is 41.2 Å². The van der Waals surface area contributed by atoms with Gasteiger partial charge in [0.05, 0.1) is 9.79 Å². The molecule has 1 N–H and O–H groups in total. The SMILES string of the molecule is CC(C)[C@@H](NC(=O)OCc1ccccc1)P(=O)(Oc1ccc(S(C)(=O)=O)cc1)Oc1ccc(S(C)(=O)=O)cc1. The summed E-state index contributed by atoms with van der Waals surface area (Å²) in [5, 5.41) is 2.57. The summed E-state index contributed by atoms with van der Waals surface area (Å²) in [6.45, 7) is 3.37. The molecule has 0 aromatic heterocycles. The number of hydrogen-bond acceptors (Lipinski definition) is 9. The molecule has 0 aliphatic heterocycles. The number of carbonyl (C=O) groups is 1. The Morgan fingerprint density at radius 2 is 1.21 bits per heavy atom. The first-order chi connectivity index (χ1) is 18.2. The average Bonchev–Trinajstić information content (AvgIpc) is 2.86. The molecule has 1 atom stereocenters. The van der Waals surface area contributed by atoms with Crippen LogP contribution in [0.3, 0.4) is 0 Å². The Balaban J connectivity index is 1.92. The Hall–Kier alpha value is -3.34. The maximum atomic E-state index is 14.3. The Labute approximate surface area is 228 Å². The number of nitrogens with one attached hydrogen (secondary N) is 1. The van der Waals surface area contributed by atoms with E-state index < -0.39 is 45.1 Å². The lowest BCUT2D eigenvalue weighted by Gasteiger charge is -2.30. The molecule has 0 radical (unpaired) electrons. The number of carbonyl (C=O) groups excluding carboxylic acids is 1. The molecule has 39 heavy (non-hydrogen) atoms. The second-order valence-electron chi connectivity index (χ2n) is 9.10. The summed E-state index contributed by atoms with van der Waals surface area (Å²) in [4.78, 5) is 12.8. The third-order valence-corrected chi connectivity index (χ3v) is 10.0. The van der Waals surface area contributed by atoms with Crippen LogP contribution in [0.25, 0.3) is 0 Å². The highest BCUT2D eigenvalue weighted by molar-refractivity contribution is 7.91. The monoisotopic (exact) mass is 595 g/mol. The van der Waals surface area contributed by atoms with E-state index in [4.69, 9.17) is 13.8 Å². The van der Waals surface area contributed by atoms with Gasteiger partial charge < -0.3 is 19.1 Å². The van der Waals surface area contributed by atoms with Gasteiger partial charge in [-0.25, -0.2) is 26.2 Å². The van der Waals surface area contributed by atoms with Gasteiger partial charge in [-0.15, -0.1) is 0 Å². The molecule has 0 unspecified atom stereocenters. The maximum Gasteiger partial charge on any atom is 0.453 e. The van der Waals surface area contributed by atoms with Crippen LogP contribution >= 0.6 is 7.60 Å². The van der Waals surface area contributed by atoms with Gasteiger partial charge >= 0.3 is 13.7 Å². The van der Waals surface area contributed by atoms with Gasteiger partial charge in [0.25, 0.3) is 0 Å². The molecule has 3 aromatic rings. The minimum Gasteiger partial charge on any atom is -0.445 e. The van der Waals surface area contributed by atoms with Crippen molar-refractivity contribution in [1.29, 1.82) is 0 Å². The third kappa shape index (κ3) is 8.58. The fraction of sp³-hybridized carbons (Fsp3) is 0.269. The van der Waals surface area contributed by atoms with E-state index >= 15 is 0 Å². The Bertz CT molecular complexity index is 1460. The summed E-state index contributed by atoms with van der Waals surface area (Å²) >= 11 is 0. The van der Waals surface area contributed by atoms with E-state index in [9.17, 15) is 26.2 Å². The number of alkyl carbamates (subject to hydrolysis) is 1. The number of sulfone groups is 2. The zero-order valence-electron chi connectivity index (χ0n) is 21.8. The molecule has 210 valence electrons. The highest BCUT2D eigenvalue weighted by atomic mass is 32.2. The van der Waals surface area contributed by atoms with Crippen LogP contribution in [0.15, 0.2) is 88.7 Å². The van der Waals surface area contributed by atoms with Gasteiger partial charge in [-0.1, -0.05) is 44.2 Å². The van der Waals surface area contributed by atoms with Crippen molar-refractivity contribution in [2.45, 2.75) is 36.0 Å². The average molecular weight is 596 g/mol. The highest BCUT2D eigenvalue weighted by Gasteiger charge is 2.43. The van der Waals surface area contributed by atoms with Gasteiger partial charge in [-0.05, 0) is 60.0 Å². The molecule has 0 saturated carbocycles. The molecular formula is C26H30NO9PS2. The molecule has 0 fully saturated rings. The van der Waals surface area contributed by atoms with Crippen molar-refractivity contribution in [2.24, 2.45) is 5.92 Å². The predicted molar refractivity (Wildman–Crippen MR) is 146 cm³/mol. The second kappa shape index (κ2) is 12.2. The topological polar surface area (TPSA) is 142 Å². The number of ether oxygens (including phenoxy) is 1. The first kappa shape index (κ1) is 30.2. The Morgan fingerprint density at radius 1 is 0.769 bits per heavy atom. The summed E-state index contributed by atoms with van der Waals surface area (Å²) in [7, 11) is -11.3. The van der Waals surface area contributed by atoms with E-state index in [0.717, 1.165) is 18.1 Å². The Morgan fingerprint density at radius 3 is 1.59 bits per heavy atom. The maximum absolute atomic E-state index is 14.3. The predicted octanol–water partition coefficient (Wildman–Crippen LogP) is 5.05. The lowest BCUT2D eigenvalue weighted by atomic mass is 10.2. The fourth-order valence-corrected chi connectivity index (χ4v) is 6.77. The molecule has 0 aliphatic carbocycles. The Kier molecular flexibility index (Phi) is 9.47. The molecule has 0 saturated heterocycles. The van der Waals surface area contributed by atoms with Crippen molar-refractivity contribution in [3.8, 4) is 11.5 Å². The van der Waals surface area contributed by atoms with Crippen molar-refractivity contribution in [2.75, 3.05) is 12.5 Å². The molecule has 13 heteroatoms. The summed E-state index contributed by atoms with van der Waals surface area (Å²) in [5.41, 5.74) is 0.751. The van der Waals surface area contributed by atoms with E-state index in [1.54, 1.807) is 38.1 Å². The molecule has 10 nitrogen and oxygen atoms in total. The standard InChI is InChI=1S/C26H30NO9PS2/c1-19(2)25(27-26(28)34-18-20-8-6-5-7-9-20)37(29,35-21-10-14-23(15-11-21)38(3,30)31)36-22-12-16-24(17-13-22)39(4,32)33/h5-17,19,25H,18H2,1-4H3,(H,27,28)/t25-/m0/s1. The van der Waals surface area contributed by atoms with Crippen molar-refractivity contribution >= 4 is 33.4 Å². The fourth-order valence-electron chi connectivity index (χ4n) is 3.42. The zero-order valence-corrected chi connectivity index (χ0v) is 24.3. The van der Waals surface area contributed by atoms with Gasteiger partial charge in [0, 0.05) is 12.5 Å². The number of amides is 1. The van der Waals surface area contributed by atoms with E-state index in [-0.39, 0.29) is 27.9 Å². The summed E-state index contributed by atoms with van der Waals surface area (Å²) in [5.74, 6) is -1.62. The molecule has 1 amide bonds. The largest absolute Gasteiger partial charge is 0.453 e. The van der Waals surface area contributed by atoms with Crippen molar-refractivity contribution in [3.63, 3.8) is 0 Å². The van der Waals surface area contributed by atoms with Gasteiger partial charge in [-0.2, -0.15) is 0 Å². The van der Waals surface area contributed by atoms with Crippen molar-refractivity contribution < 1.29 is 40.0 Å². The number of benzene rings is 3. The van der Waals surface area contributed by atoms with Crippen LogP contribution in [-0.2, 0) is 35.6 Å². The molecule has 0 spiro atoms. The molecule has 0 heterocycles. The first-order valence-electron chi connectivity index (χ1n) is 11.7. The lowest BCUT2D eigenvalue weighted by Crippen LogP contribution is -2.41. The van der Waals surface area contributed by atoms with Crippen molar-refractivity contribution in [1.82, 2.24) is 5.32 Å². The van der Waals surface area contributed by atoms with E-state index in [0.29, 0.717) is 0 Å². The van der Waals surface area contributed by atoms with E-state index in [2.05, 4.69) is 5.32 Å². The molecule has 3 aromatic carbocycles. The van der Waals surface area contributed by atoms with E-state index in [1.165, 1.54) is 48.5 Å². The van der Waals surface area contributed by atoms with Gasteiger partial charge in [0.2, 0.25) is 0 Å². The second-order valence-corrected chi connectivity index (χ2v) is 15.1. The van der Waals surface area contributed by atoms with Crippen LogP contribution in [0.4, 0.5) is 4.79 Å². The zero-order chi connectivity index (χ0) is 28.8. The quantitative estimate of drug-likeness (QED) is 0.301. The third-order valence-electron chi connectivity index (χ3n) is 5.42. The summed E-state index contributed by atoms with van der Waals surface area (Å²) in [6.07, 6.45) is 1.25. The van der Waals surface area contributed by atoms with Crippen LogP contribution in [0.2, 0.25) is 0 Å². The molecular weight excluding hydrogens is 565 g/mol. The van der Waals surface area contributed by atoms with Gasteiger partial charge in [0.15, 0.2) is 25.5 Å². The molecule has 0 bridgehead atoms. The van der Waals surface area contributed by atoms with Gasteiger partial charge in [-0.3, -0.25) is 0 Å². The summed E-state index contributed by atoms with van der Waals surface area (Å²) in [6, 6.07) is 19.5.